The van der Waals surface area contributed by atoms with Gasteiger partial charge in [0.1, 0.15) is 11.9 Å². The van der Waals surface area contributed by atoms with Gasteiger partial charge in [-0.05, 0) is 30.5 Å². The molecule has 3 N–H and O–H groups in total. The molecule has 2 aromatic rings. The number of nitrogens with two attached hydrogens (primary N) is 1. The molecule has 4 heteroatoms. The summed E-state index contributed by atoms with van der Waals surface area (Å²) in [6.07, 6.45) is 2.03. The van der Waals surface area contributed by atoms with Gasteiger partial charge in [-0.15, -0.1) is 0 Å². The summed E-state index contributed by atoms with van der Waals surface area (Å²) in [5.74, 6) is 0.693. The molecule has 0 saturated carbocycles. The van der Waals surface area contributed by atoms with Crippen LogP contribution in [0, 0.1) is 11.3 Å². The highest BCUT2D eigenvalue weighted by Crippen LogP contribution is 2.12. The first-order valence-electron chi connectivity index (χ1n) is 6.24. The highest BCUT2D eigenvalue weighted by atomic mass is 15.0. The molecule has 2 rings (SSSR count). The number of nitrogens with zero attached hydrogens (tertiary/aromatic N) is 2. The third-order valence-corrected chi connectivity index (χ3v) is 2.82. The van der Waals surface area contributed by atoms with Gasteiger partial charge in [-0.25, -0.2) is 4.98 Å². The molecule has 0 amide bonds. The van der Waals surface area contributed by atoms with E-state index in [0.717, 1.165) is 19.4 Å². The molecule has 0 saturated heterocycles. The van der Waals surface area contributed by atoms with Crippen molar-refractivity contribution >= 4 is 11.5 Å². The maximum Gasteiger partial charge on any atom is 0.165 e. The molecule has 0 bridgehead atoms. The molecule has 1 heterocycles. The molecule has 1 aromatic carbocycles. The minimum atomic E-state index is 0.271. The van der Waals surface area contributed by atoms with Crippen molar-refractivity contribution in [3.8, 4) is 6.07 Å². The molecule has 19 heavy (non-hydrogen) atoms. The van der Waals surface area contributed by atoms with Gasteiger partial charge >= 0.3 is 0 Å². The van der Waals surface area contributed by atoms with Crippen LogP contribution in [0.5, 0.6) is 0 Å². The van der Waals surface area contributed by atoms with Gasteiger partial charge in [-0.3, -0.25) is 0 Å². The first-order valence-corrected chi connectivity index (χ1v) is 6.24. The SMILES string of the molecule is N#Cc1nc(NCCCc2ccccc2)ccc1N. The first-order chi connectivity index (χ1) is 9.29. The molecule has 0 radical (unpaired) electrons. The second kappa shape index (κ2) is 6.41. The van der Waals surface area contributed by atoms with Gasteiger partial charge in [0.05, 0.1) is 5.69 Å². The zero-order valence-electron chi connectivity index (χ0n) is 10.6. The maximum atomic E-state index is 8.84. The summed E-state index contributed by atoms with van der Waals surface area (Å²) in [4.78, 5) is 4.14. The molecule has 0 aliphatic heterocycles. The lowest BCUT2D eigenvalue weighted by Gasteiger charge is -2.06. The number of hydrogen-bond acceptors (Lipinski definition) is 4. The topological polar surface area (TPSA) is 74.7 Å². The monoisotopic (exact) mass is 252 g/mol. The lowest BCUT2D eigenvalue weighted by Crippen LogP contribution is -2.06. The van der Waals surface area contributed by atoms with E-state index in [0.29, 0.717) is 11.5 Å². The predicted molar refractivity (Wildman–Crippen MR) is 76.6 cm³/mol. The number of nitrogens with one attached hydrogen (secondary N) is 1. The van der Waals surface area contributed by atoms with Gasteiger partial charge in [0.15, 0.2) is 5.69 Å². The Morgan fingerprint density at radius 1 is 1.16 bits per heavy atom. The second-order valence-corrected chi connectivity index (χ2v) is 4.26. The van der Waals surface area contributed by atoms with Gasteiger partial charge in [-0.2, -0.15) is 5.26 Å². The van der Waals surface area contributed by atoms with Gasteiger partial charge in [0.2, 0.25) is 0 Å². The zero-order valence-corrected chi connectivity index (χ0v) is 10.6. The van der Waals surface area contributed by atoms with Crippen molar-refractivity contribution in [2.24, 2.45) is 0 Å². The molecule has 0 spiro atoms. The molecule has 0 aliphatic rings. The van der Waals surface area contributed by atoms with Crippen LogP contribution < -0.4 is 11.1 Å². The number of nitriles is 1. The minimum Gasteiger partial charge on any atom is -0.396 e. The van der Waals surface area contributed by atoms with Crippen molar-refractivity contribution in [3.05, 3.63) is 53.7 Å². The summed E-state index contributed by atoms with van der Waals surface area (Å²) < 4.78 is 0. The number of anilines is 2. The van der Waals surface area contributed by atoms with Crippen LogP contribution in [0.1, 0.15) is 17.7 Å². The number of nitrogen functional groups attached to an aromatic ring is 1. The van der Waals surface area contributed by atoms with Gasteiger partial charge in [-0.1, -0.05) is 30.3 Å². The number of benzene rings is 1. The Bertz CT molecular complexity index is 572. The normalized spacial score (nSPS) is 9.84. The van der Waals surface area contributed by atoms with Gasteiger partial charge < -0.3 is 11.1 Å². The molecular formula is C15H16N4. The highest BCUT2D eigenvalue weighted by molar-refractivity contribution is 5.54. The summed E-state index contributed by atoms with van der Waals surface area (Å²) in [5, 5.41) is 12.0. The van der Waals surface area contributed by atoms with Crippen molar-refractivity contribution in [1.29, 1.82) is 5.26 Å². The summed E-state index contributed by atoms with van der Waals surface area (Å²) in [6.45, 7) is 0.816. The van der Waals surface area contributed by atoms with Crippen molar-refractivity contribution in [2.45, 2.75) is 12.8 Å². The fourth-order valence-electron chi connectivity index (χ4n) is 1.81. The van der Waals surface area contributed by atoms with Gasteiger partial charge in [0.25, 0.3) is 0 Å². The number of hydrogen-bond donors (Lipinski definition) is 2. The third kappa shape index (κ3) is 3.71. The van der Waals surface area contributed by atoms with E-state index in [4.69, 9.17) is 11.0 Å². The second-order valence-electron chi connectivity index (χ2n) is 4.26. The van der Waals surface area contributed by atoms with Crippen LogP contribution in [-0.2, 0) is 6.42 Å². The standard InChI is InChI=1S/C15H16N4/c16-11-14-13(17)8-9-15(19-14)18-10-4-7-12-5-2-1-3-6-12/h1-3,5-6,8-9H,4,7,10,17H2,(H,18,19). The average Bonchev–Trinajstić information content (AvgIpc) is 2.46. The van der Waals surface area contributed by atoms with E-state index in [-0.39, 0.29) is 5.69 Å². The van der Waals surface area contributed by atoms with E-state index in [9.17, 15) is 0 Å². The Kier molecular flexibility index (Phi) is 4.35. The fourth-order valence-corrected chi connectivity index (χ4v) is 1.81. The molecular weight excluding hydrogens is 236 g/mol. The molecule has 0 atom stereocenters. The summed E-state index contributed by atoms with van der Waals surface area (Å²) in [6, 6.07) is 15.8. The maximum absolute atomic E-state index is 8.84. The summed E-state index contributed by atoms with van der Waals surface area (Å²) >= 11 is 0. The molecule has 96 valence electrons. The van der Waals surface area contributed by atoms with Crippen molar-refractivity contribution in [1.82, 2.24) is 4.98 Å². The number of pyridine rings is 1. The Balaban J connectivity index is 1.82. The minimum absolute atomic E-state index is 0.271. The largest absolute Gasteiger partial charge is 0.396 e. The van der Waals surface area contributed by atoms with Gasteiger partial charge in [0, 0.05) is 6.54 Å². The highest BCUT2D eigenvalue weighted by Gasteiger charge is 2.01. The predicted octanol–water partition coefficient (Wildman–Crippen LogP) is 2.58. The van der Waals surface area contributed by atoms with Crippen LogP contribution >= 0.6 is 0 Å². The van der Waals surface area contributed by atoms with Crippen LogP contribution in [0.3, 0.4) is 0 Å². The van der Waals surface area contributed by atoms with Crippen molar-refractivity contribution in [3.63, 3.8) is 0 Å². The zero-order chi connectivity index (χ0) is 13.5. The van der Waals surface area contributed by atoms with E-state index >= 15 is 0 Å². The van der Waals surface area contributed by atoms with E-state index in [2.05, 4.69) is 22.4 Å². The van der Waals surface area contributed by atoms with Crippen LogP contribution in [0.2, 0.25) is 0 Å². The molecule has 1 aromatic heterocycles. The Labute approximate surface area is 112 Å². The van der Waals surface area contributed by atoms with Crippen LogP contribution in [0.4, 0.5) is 11.5 Å². The quantitative estimate of drug-likeness (QED) is 0.802. The Hall–Kier alpha value is -2.54. The molecule has 0 fully saturated rings. The number of aryl methyl sites for hydroxylation is 1. The third-order valence-electron chi connectivity index (χ3n) is 2.82. The fraction of sp³-hybridized carbons (Fsp3) is 0.200. The molecule has 0 unspecified atom stereocenters. The van der Waals surface area contributed by atoms with E-state index in [1.165, 1.54) is 5.56 Å². The Morgan fingerprint density at radius 3 is 2.68 bits per heavy atom. The van der Waals surface area contributed by atoms with Crippen LogP contribution in [0.15, 0.2) is 42.5 Å². The van der Waals surface area contributed by atoms with Crippen molar-refractivity contribution < 1.29 is 0 Å². The molecule has 0 aliphatic carbocycles. The summed E-state index contributed by atoms with van der Waals surface area (Å²) in [5.41, 5.74) is 7.63. The van der Waals surface area contributed by atoms with Crippen LogP contribution in [0.25, 0.3) is 0 Å². The average molecular weight is 252 g/mol. The van der Waals surface area contributed by atoms with E-state index in [1.54, 1.807) is 12.1 Å². The summed E-state index contributed by atoms with van der Waals surface area (Å²) in [7, 11) is 0. The Morgan fingerprint density at radius 2 is 1.95 bits per heavy atom. The first kappa shape index (κ1) is 12.9. The van der Waals surface area contributed by atoms with Crippen molar-refractivity contribution in [2.75, 3.05) is 17.6 Å². The van der Waals surface area contributed by atoms with E-state index in [1.807, 2.05) is 24.3 Å². The van der Waals surface area contributed by atoms with E-state index < -0.39 is 0 Å². The van der Waals surface area contributed by atoms with Crippen LogP contribution in [-0.4, -0.2) is 11.5 Å². The lowest BCUT2D eigenvalue weighted by molar-refractivity contribution is 0.859. The smallest absolute Gasteiger partial charge is 0.165 e. The molecule has 4 nitrogen and oxygen atoms in total. The number of rotatable bonds is 5. The lowest BCUT2D eigenvalue weighted by atomic mass is 10.1. The number of aromatic nitrogens is 1.